The number of hydrogen-bond donors (Lipinski definition) is 0. The maximum atomic E-state index is 5.79. The van der Waals surface area contributed by atoms with E-state index in [1.807, 2.05) is 6.07 Å². The van der Waals surface area contributed by atoms with E-state index in [1.165, 1.54) is 59.9 Å². The van der Waals surface area contributed by atoms with E-state index in [2.05, 4.69) is 286 Å². The van der Waals surface area contributed by atoms with Gasteiger partial charge in [0.2, 0.25) is 0 Å². The normalized spacial score (nSPS) is 12.9. The Morgan fingerprint density at radius 2 is 0.674 bits per heavy atom. The van der Waals surface area contributed by atoms with Crippen molar-refractivity contribution in [1.82, 2.24) is 34.1 Å². The number of anilines is 6. The third-order valence-electron chi connectivity index (χ3n) is 17.9. The van der Waals surface area contributed by atoms with E-state index in [4.69, 9.17) is 24.9 Å². The standard InChI is InChI=1S/C79H45N9S4/c1-5-23-58-49(18-1)53-44-54-50-19-2-6-24-59(50)86(74-35-17-22-57(80-74)79-83-77(46-36-38-68-55(40-46)51-20-3-11-29-66(51)89-68)82-78(84-79)47-37-39-69-56(41-47)52-21-4-12-30-67(52)90-69)65(54)45-64(53)85(58)48-42-75(87-60-25-7-13-31-70(60)91-71-32-14-8-26-61(71)87)81-76(43-48)88-62-27-9-15-33-72(62)92-73-34-16-10-28-63(73)88/h1-45H. The van der Waals surface area contributed by atoms with Crippen LogP contribution >= 0.6 is 46.2 Å². The van der Waals surface area contributed by atoms with E-state index >= 15 is 0 Å². The molecular weight excluding hydrogens is 1200 g/mol. The minimum Gasteiger partial charge on any atom is -0.309 e. The van der Waals surface area contributed by atoms with Gasteiger partial charge in [0, 0.05) is 105 Å². The molecule has 0 bridgehead atoms. The van der Waals surface area contributed by atoms with Crippen LogP contribution in [0.5, 0.6) is 0 Å². The zero-order valence-corrected chi connectivity index (χ0v) is 51.9. The second-order valence-electron chi connectivity index (χ2n) is 23.2. The molecule has 9 heterocycles. The van der Waals surface area contributed by atoms with Crippen LogP contribution in [0, 0.1) is 0 Å². The minimum absolute atomic E-state index is 0.486. The molecule has 0 fully saturated rings. The Morgan fingerprint density at radius 3 is 1.20 bits per heavy atom. The van der Waals surface area contributed by atoms with Crippen molar-refractivity contribution < 1.29 is 0 Å². The summed E-state index contributed by atoms with van der Waals surface area (Å²) in [6, 6.07) is 98.1. The molecule has 13 heteroatoms. The predicted molar refractivity (Wildman–Crippen MR) is 384 cm³/mol. The number of fused-ring (bicyclic) bond motifs is 16. The van der Waals surface area contributed by atoms with Crippen molar-refractivity contribution in [3.8, 4) is 45.8 Å². The molecule has 20 rings (SSSR count). The summed E-state index contributed by atoms with van der Waals surface area (Å²) in [5.41, 5.74) is 11.9. The van der Waals surface area contributed by atoms with Crippen molar-refractivity contribution in [2.45, 2.75) is 19.6 Å². The van der Waals surface area contributed by atoms with Gasteiger partial charge in [-0.3, -0.25) is 14.4 Å². The Balaban J connectivity index is 0.805. The van der Waals surface area contributed by atoms with Crippen LogP contribution in [-0.2, 0) is 0 Å². The SMILES string of the molecule is c1cc(-c2nc(-c3ccc4sc5ccccc5c4c3)nc(-c3ccc4sc5ccccc5c4c3)n2)nc(-n2c3ccccc3c3cc4c5ccccc5n(-c5cc(N6c7ccccc7Sc7ccccc76)nc(N6c7ccccc7Sc7ccccc76)c5)c4cc32)c1. The van der Waals surface area contributed by atoms with Crippen LogP contribution in [0.3, 0.4) is 0 Å². The van der Waals surface area contributed by atoms with Gasteiger partial charge in [-0.25, -0.2) is 24.9 Å². The first-order valence-electron chi connectivity index (χ1n) is 30.5. The van der Waals surface area contributed by atoms with Crippen LogP contribution in [-0.4, -0.2) is 34.1 Å². The molecule has 0 N–H and O–H groups in total. The van der Waals surface area contributed by atoms with E-state index in [-0.39, 0.29) is 0 Å². The van der Waals surface area contributed by atoms with Crippen molar-refractivity contribution >= 4 is 165 Å². The lowest BCUT2D eigenvalue weighted by molar-refractivity contribution is 1.03. The van der Waals surface area contributed by atoms with Crippen LogP contribution < -0.4 is 9.80 Å². The summed E-state index contributed by atoms with van der Waals surface area (Å²) in [4.78, 5) is 36.8. The molecule has 2 aliphatic rings. The molecule has 7 aromatic heterocycles. The fourth-order valence-corrected chi connectivity index (χ4v) is 18.1. The van der Waals surface area contributed by atoms with Crippen LogP contribution in [0.15, 0.2) is 293 Å². The third kappa shape index (κ3) is 8.02. The van der Waals surface area contributed by atoms with E-state index in [0.717, 1.165) is 101 Å². The highest BCUT2D eigenvalue weighted by Crippen LogP contribution is 2.55. The van der Waals surface area contributed by atoms with Gasteiger partial charge in [-0.05, 0) is 133 Å². The van der Waals surface area contributed by atoms with Crippen molar-refractivity contribution in [1.29, 1.82) is 0 Å². The molecule has 0 aliphatic carbocycles. The summed E-state index contributed by atoms with van der Waals surface area (Å²) >= 11 is 7.20. The molecular formula is C79H45N9S4. The van der Waals surface area contributed by atoms with Gasteiger partial charge in [0.25, 0.3) is 0 Å². The molecule has 18 aromatic rings. The highest BCUT2D eigenvalue weighted by atomic mass is 32.2. The van der Waals surface area contributed by atoms with Gasteiger partial charge in [0.15, 0.2) is 17.5 Å². The van der Waals surface area contributed by atoms with Gasteiger partial charge in [0.1, 0.15) is 23.1 Å². The van der Waals surface area contributed by atoms with Crippen LogP contribution in [0.4, 0.5) is 34.4 Å². The highest BCUT2D eigenvalue weighted by Gasteiger charge is 2.31. The van der Waals surface area contributed by atoms with E-state index < -0.39 is 0 Å². The maximum Gasteiger partial charge on any atom is 0.182 e. The lowest BCUT2D eigenvalue weighted by Gasteiger charge is -2.35. The largest absolute Gasteiger partial charge is 0.309 e. The average molecular weight is 1250 g/mol. The Hall–Kier alpha value is -10.9. The molecule has 430 valence electrons. The molecule has 9 nitrogen and oxygen atoms in total. The molecule has 0 radical (unpaired) electrons. The quantitative estimate of drug-likeness (QED) is 0.155. The first-order valence-corrected chi connectivity index (χ1v) is 33.7. The van der Waals surface area contributed by atoms with Crippen molar-refractivity contribution in [2.24, 2.45) is 0 Å². The fourth-order valence-electron chi connectivity index (χ4n) is 13.9. The first kappa shape index (κ1) is 51.9. The second kappa shape index (κ2) is 20.3. The number of benzene rings is 11. The molecule has 0 unspecified atom stereocenters. The molecule has 92 heavy (non-hydrogen) atoms. The zero-order valence-electron chi connectivity index (χ0n) is 48.6. The van der Waals surface area contributed by atoms with E-state index in [9.17, 15) is 0 Å². The smallest absolute Gasteiger partial charge is 0.182 e. The summed E-state index contributed by atoms with van der Waals surface area (Å²) in [6.45, 7) is 0. The third-order valence-corrected chi connectivity index (χ3v) is 22.5. The van der Waals surface area contributed by atoms with Crippen molar-refractivity contribution in [2.75, 3.05) is 9.80 Å². The molecule has 0 saturated heterocycles. The van der Waals surface area contributed by atoms with Crippen molar-refractivity contribution in [3.63, 3.8) is 0 Å². The molecule has 0 spiro atoms. The summed E-state index contributed by atoms with van der Waals surface area (Å²) in [5.74, 6) is 4.00. The number of nitrogens with zero attached hydrogens (tertiary/aromatic N) is 9. The zero-order chi connectivity index (χ0) is 60.1. The average Bonchev–Trinajstić information content (AvgIpc) is 1.55. The highest BCUT2D eigenvalue weighted by molar-refractivity contribution is 8.00. The van der Waals surface area contributed by atoms with Crippen LogP contribution in [0.25, 0.3) is 130 Å². The number of pyridine rings is 2. The number of hydrogen-bond acceptors (Lipinski definition) is 11. The summed E-state index contributed by atoms with van der Waals surface area (Å²) in [6.07, 6.45) is 0. The van der Waals surface area contributed by atoms with Crippen LogP contribution in [0.1, 0.15) is 0 Å². The predicted octanol–water partition coefficient (Wildman–Crippen LogP) is 22.5. The Bertz CT molecular complexity index is 5820. The lowest BCUT2D eigenvalue weighted by atomic mass is 10.1. The lowest BCUT2D eigenvalue weighted by Crippen LogP contribution is -2.20. The number of para-hydroxylation sites is 6. The number of thiophene rings is 2. The molecule has 0 saturated carbocycles. The van der Waals surface area contributed by atoms with Gasteiger partial charge in [0.05, 0.1) is 50.5 Å². The topological polar surface area (TPSA) is 80.8 Å². The summed E-state index contributed by atoms with van der Waals surface area (Å²) in [7, 11) is 0. The minimum atomic E-state index is 0.486. The Labute approximate surface area is 542 Å². The Kier molecular flexibility index (Phi) is 11.4. The molecule has 0 atom stereocenters. The molecule has 2 aliphatic heterocycles. The van der Waals surface area contributed by atoms with E-state index in [0.29, 0.717) is 23.2 Å². The number of aromatic nitrogens is 7. The van der Waals surface area contributed by atoms with Gasteiger partial charge in [-0.15, -0.1) is 22.7 Å². The summed E-state index contributed by atoms with van der Waals surface area (Å²) < 4.78 is 9.69. The van der Waals surface area contributed by atoms with E-state index in [1.54, 1.807) is 46.2 Å². The number of rotatable bonds is 7. The monoisotopic (exact) mass is 1250 g/mol. The van der Waals surface area contributed by atoms with Gasteiger partial charge in [-0.2, -0.15) is 0 Å². The second-order valence-corrected chi connectivity index (χ2v) is 27.5. The van der Waals surface area contributed by atoms with Gasteiger partial charge in [-0.1, -0.05) is 151 Å². The fraction of sp³-hybridized carbons (Fsp3) is 0. The van der Waals surface area contributed by atoms with Crippen molar-refractivity contribution in [3.05, 3.63) is 273 Å². The van der Waals surface area contributed by atoms with Gasteiger partial charge >= 0.3 is 0 Å². The molecule has 0 amide bonds. The molecule has 11 aromatic carbocycles. The first-order chi connectivity index (χ1) is 45.6. The Morgan fingerprint density at radius 1 is 0.250 bits per heavy atom. The maximum absolute atomic E-state index is 5.79. The summed E-state index contributed by atoms with van der Waals surface area (Å²) in [5, 5.41) is 9.33. The van der Waals surface area contributed by atoms with Gasteiger partial charge < -0.3 is 4.57 Å². The van der Waals surface area contributed by atoms with Crippen LogP contribution in [0.2, 0.25) is 0 Å².